The number of anilines is 1. The lowest BCUT2D eigenvalue weighted by Gasteiger charge is -2.33. The Bertz CT molecular complexity index is 536. The summed E-state index contributed by atoms with van der Waals surface area (Å²) in [4.78, 5) is 3.60. The molecular weight excluding hydrogens is 278 g/mol. The lowest BCUT2D eigenvalue weighted by Crippen LogP contribution is -2.31. The molecule has 0 fully saturated rings. The number of hydrogen-bond donors (Lipinski definition) is 1. The van der Waals surface area contributed by atoms with E-state index < -0.39 is 0 Å². The first-order valence-electron chi connectivity index (χ1n) is 5.99. The van der Waals surface area contributed by atoms with E-state index in [2.05, 4.69) is 60.3 Å². The highest BCUT2D eigenvalue weighted by molar-refractivity contribution is 8.01. The molecule has 1 unspecified atom stereocenters. The van der Waals surface area contributed by atoms with Crippen LogP contribution in [0.25, 0.3) is 0 Å². The molecule has 0 bridgehead atoms. The van der Waals surface area contributed by atoms with Crippen LogP contribution < -0.4 is 4.90 Å². The number of rotatable bonds is 2. The Kier molecular flexibility index (Phi) is 3.59. The van der Waals surface area contributed by atoms with Gasteiger partial charge in [-0.2, -0.15) is 12.6 Å². The molecule has 1 aliphatic heterocycles. The van der Waals surface area contributed by atoms with Gasteiger partial charge in [0.25, 0.3) is 0 Å². The van der Waals surface area contributed by atoms with Crippen molar-refractivity contribution >= 4 is 41.4 Å². The van der Waals surface area contributed by atoms with Crippen LogP contribution in [-0.4, -0.2) is 12.4 Å². The summed E-state index contributed by atoms with van der Waals surface area (Å²) in [6.45, 7) is 0. The van der Waals surface area contributed by atoms with Crippen molar-refractivity contribution in [2.24, 2.45) is 0 Å². The van der Waals surface area contributed by atoms with E-state index in [1.807, 2.05) is 11.8 Å². The van der Waals surface area contributed by atoms with Gasteiger partial charge in [-0.05, 0) is 48.1 Å². The van der Waals surface area contributed by atoms with E-state index in [0.717, 1.165) is 12.8 Å². The fourth-order valence-electron chi connectivity index (χ4n) is 2.25. The number of hydrogen-bond acceptors (Lipinski definition) is 4. The van der Waals surface area contributed by atoms with Crippen molar-refractivity contribution in [3.05, 3.63) is 41.3 Å². The number of nitrogens with zero attached hydrogens (tertiary/aromatic N) is 1. The van der Waals surface area contributed by atoms with Gasteiger partial charge in [0, 0.05) is 17.6 Å². The monoisotopic (exact) mass is 293 g/mol. The summed E-state index contributed by atoms with van der Waals surface area (Å²) in [7, 11) is 2.13. The lowest BCUT2D eigenvalue weighted by molar-refractivity contribution is 0.704. The minimum atomic E-state index is 0.355. The number of fused-ring (bicyclic) bond motifs is 1. The first-order chi connectivity index (χ1) is 8.74. The topological polar surface area (TPSA) is 3.24 Å². The van der Waals surface area contributed by atoms with Gasteiger partial charge in [-0.25, -0.2) is 0 Å². The van der Waals surface area contributed by atoms with Crippen LogP contribution in [0.5, 0.6) is 0 Å². The van der Waals surface area contributed by atoms with Crippen LogP contribution in [0.2, 0.25) is 0 Å². The van der Waals surface area contributed by atoms with E-state index in [4.69, 9.17) is 0 Å². The van der Waals surface area contributed by atoms with Gasteiger partial charge in [-0.1, -0.05) is 17.8 Å². The van der Waals surface area contributed by atoms with Crippen LogP contribution >= 0.6 is 35.7 Å². The van der Waals surface area contributed by atoms with Crippen LogP contribution in [0, 0.1) is 0 Å². The van der Waals surface area contributed by atoms with Crippen LogP contribution in [0.4, 0.5) is 5.69 Å². The average molecular weight is 293 g/mol. The van der Waals surface area contributed by atoms with Crippen molar-refractivity contribution in [2.45, 2.75) is 27.3 Å². The van der Waals surface area contributed by atoms with Crippen molar-refractivity contribution in [2.75, 3.05) is 11.9 Å². The fraction of sp³-hybridized carbons (Fsp3) is 0.286. The molecule has 3 rings (SSSR count). The Balaban J connectivity index is 1.87. The maximum atomic E-state index is 4.60. The molecule has 0 saturated carbocycles. The summed E-state index contributed by atoms with van der Waals surface area (Å²) < 4.78 is 1.35. The second kappa shape index (κ2) is 5.19. The van der Waals surface area contributed by atoms with Gasteiger partial charge < -0.3 is 4.90 Å². The van der Waals surface area contributed by atoms with Gasteiger partial charge in [-0.15, -0.1) is 11.3 Å². The Hall–Kier alpha value is -0.580. The minimum absolute atomic E-state index is 0.355. The molecule has 1 atom stereocenters. The highest BCUT2D eigenvalue weighted by atomic mass is 32.2. The summed E-state index contributed by atoms with van der Waals surface area (Å²) in [6.07, 6.45) is 2.26. The SMILES string of the molecule is CN1c2ccc(Sc3cccs3)cc2CCC1S. The average Bonchev–Trinajstić information content (AvgIpc) is 2.87. The molecule has 1 aromatic carbocycles. The summed E-state index contributed by atoms with van der Waals surface area (Å²) >= 11 is 8.25. The smallest absolute Gasteiger partial charge is 0.0721 e. The first kappa shape index (κ1) is 12.5. The quantitative estimate of drug-likeness (QED) is 0.810. The van der Waals surface area contributed by atoms with E-state index in [-0.39, 0.29) is 0 Å². The molecular formula is C14H15NS3. The van der Waals surface area contributed by atoms with Crippen molar-refractivity contribution in [3.8, 4) is 0 Å². The molecule has 0 N–H and O–H groups in total. The van der Waals surface area contributed by atoms with Gasteiger partial charge in [0.05, 0.1) is 9.58 Å². The van der Waals surface area contributed by atoms with Crippen molar-refractivity contribution in [1.82, 2.24) is 0 Å². The second-order valence-corrected chi connectivity index (χ2v) is 7.37. The largest absolute Gasteiger partial charge is 0.363 e. The molecule has 4 heteroatoms. The highest BCUT2D eigenvalue weighted by Gasteiger charge is 2.20. The third-order valence-corrected chi connectivity index (χ3v) is 5.90. The first-order valence-corrected chi connectivity index (χ1v) is 8.20. The maximum absolute atomic E-state index is 4.60. The summed E-state index contributed by atoms with van der Waals surface area (Å²) in [5.41, 5.74) is 2.78. The van der Waals surface area contributed by atoms with Crippen LogP contribution in [-0.2, 0) is 6.42 Å². The number of benzene rings is 1. The van der Waals surface area contributed by atoms with E-state index in [1.54, 1.807) is 11.3 Å². The Morgan fingerprint density at radius 2 is 2.28 bits per heavy atom. The zero-order valence-electron chi connectivity index (χ0n) is 10.2. The zero-order valence-corrected chi connectivity index (χ0v) is 12.7. The summed E-state index contributed by atoms with van der Waals surface area (Å²) in [5, 5.41) is 2.48. The van der Waals surface area contributed by atoms with Crippen LogP contribution in [0.1, 0.15) is 12.0 Å². The number of aryl methyl sites for hydroxylation is 1. The van der Waals surface area contributed by atoms with E-state index in [1.165, 1.54) is 20.4 Å². The summed E-state index contributed by atoms with van der Waals surface area (Å²) in [5.74, 6) is 0. The summed E-state index contributed by atoms with van der Waals surface area (Å²) in [6, 6.07) is 11.0. The minimum Gasteiger partial charge on any atom is -0.363 e. The van der Waals surface area contributed by atoms with Gasteiger partial charge in [-0.3, -0.25) is 0 Å². The molecule has 0 spiro atoms. The Morgan fingerprint density at radius 3 is 3.06 bits per heavy atom. The third-order valence-electron chi connectivity index (χ3n) is 3.26. The lowest BCUT2D eigenvalue weighted by atomic mass is 10.0. The van der Waals surface area contributed by atoms with Crippen LogP contribution in [0.3, 0.4) is 0 Å². The van der Waals surface area contributed by atoms with Crippen molar-refractivity contribution in [3.63, 3.8) is 0 Å². The normalized spacial score (nSPS) is 18.8. The predicted octanol–water partition coefficient (Wildman–Crippen LogP) is 4.54. The van der Waals surface area contributed by atoms with Gasteiger partial charge in [0.1, 0.15) is 0 Å². The molecule has 18 heavy (non-hydrogen) atoms. The van der Waals surface area contributed by atoms with Crippen LogP contribution in [0.15, 0.2) is 44.8 Å². The van der Waals surface area contributed by atoms with E-state index in [0.29, 0.717) is 5.37 Å². The third kappa shape index (κ3) is 2.42. The zero-order chi connectivity index (χ0) is 12.5. The molecule has 0 amide bonds. The fourth-order valence-corrected chi connectivity index (χ4v) is 4.31. The molecule has 94 valence electrons. The van der Waals surface area contributed by atoms with Gasteiger partial charge in [0.15, 0.2) is 0 Å². The molecule has 1 nitrogen and oxygen atoms in total. The molecule has 1 aromatic heterocycles. The number of thiol groups is 1. The molecule has 2 heterocycles. The van der Waals surface area contributed by atoms with Gasteiger partial charge >= 0.3 is 0 Å². The van der Waals surface area contributed by atoms with E-state index >= 15 is 0 Å². The van der Waals surface area contributed by atoms with E-state index in [9.17, 15) is 0 Å². The van der Waals surface area contributed by atoms with Crippen molar-refractivity contribution in [1.29, 1.82) is 0 Å². The highest BCUT2D eigenvalue weighted by Crippen LogP contribution is 2.37. The maximum Gasteiger partial charge on any atom is 0.0721 e. The Labute approximate surface area is 122 Å². The number of thiophene rings is 1. The van der Waals surface area contributed by atoms with Crippen molar-refractivity contribution < 1.29 is 0 Å². The molecule has 1 aliphatic rings. The molecule has 0 aliphatic carbocycles. The Morgan fingerprint density at radius 1 is 1.39 bits per heavy atom. The molecule has 2 aromatic rings. The predicted molar refractivity (Wildman–Crippen MR) is 84.4 cm³/mol. The second-order valence-electron chi connectivity index (χ2n) is 4.45. The van der Waals surface area contributed by atoms with Gasteiger partial charge in [0.2, 0.25) is 0 Å². The standard InChI is InChI=1S/C14H15NS3/c1-15-12-6-5-11(18-14-3-2-8-17-14)9-10(12)4-7-13(15)16/h2-3,5-6,8-9,13,16H,4,7H2,1H3. The molecule has 0 saturated heterocycles. The molecule has 0 radical (unpaired) electrons.